The Kier molecular flexibility index (Phi) is 2.89. The highest BCUT2D eigenvalue weighted by Gasteiger charge is 2.13. The molecule has 2 aromatic carbocycles. The number of nitrogens with two attached hydrogens (primary N) is 1. The van der Waals surface area contributed by atoms with Gasteiger partial charge in [-0.05, 0) is 28.5 Å². The van der Waals surface area contributed by atoms with Crippen molar-refractivity contribution in [1.29, 1.82) is 0 Å². The maximum absolute atomic E-state index is 11.3. The van der Waals surface area contributed by atoms with Crippen molar-refractivity contribution in [2.45, 2.75) is 4.21 Å². The van der Waals surface area contributed by atoms with Crippen LogP contribution in [0.2, 0.25) is 0 Å². The van der Waals surface area contributed by atoms with E-state index in [1.54, 1.807) is 12.1 Å². The van der Waals surface area contributed by atoms with Crippen LogP contribution in [0, 0.1) is 0 Å². The van der Waals surface area contributed by atoms with E-state index in [9.17, 15) is 8.42 Å². The summed E-state index contributed by atoms with van der Waals surface area (Å²) >= 11 is 1.19. The molecule has 0 aliphatic rings. The Bertz CT molecular complexity index is 845. The summed E-state index contributed by atoms with van der Waals surface area (Å²) in [6, 6.07) is 17.4. The molecule has 96 valence electrons. The van der Waals surface area contributed by atoms with Crippen molar-refractivity contribution in [3.05, 3.63) is 54.6 Å². The first kappa shape index (κ1) is 12.3. The van der Waals surface area contributed by atoms with Gasteiger partial charge in [-0.3, -0.25) is 0 Å². The van der Waals surface area contributed by atoms with Gasteiger partial charge in [0.05, 0.1) is 0 Å². The van der Waals surface area contributed by atoms with Gasteiger partial charge in [0, 0.05) is 4.88 Å². The quantitative estimate of drug-likeness (QED) is 0.787. The first-order valence-corrected chi connectivity index (χ1v) is 8.03. The number of primary sulfonamides is 1. The Morgan fingerprint density at radius 1 is 0.895 bits per heavy atom. The maximum Gasteiger partial charge on any atom is 0.247 e. The third kappa shape index (κ3) is 2.28. The third-order valence-electron chi connectivity index (χ3n) is 2.92. The monoisotopic (exact) mass is 289 g/mol. The highest BCUT2D eigenvalue weighted by Crippen LogP contribution is 2.34. The van der Waals surface area contributed by atoms with Gasteiger partial charge in [-0.1, -0.05) is 42.5 Å². The Labute approximate surface area is 115 Å². The lowest BCUT2D eigenvalue weighted by Gasteiger charge is -2.03. The molecule has 0 saturated heterocycles. The fourth-order valence-electron chi connectivity index (χ4n) is 2.06. The van der Waals surface area contributed by atoms with Gasteiger partial charge in [-0.2, -0.15) is 0 Å². The summed E-state index contributed by atoms with van der Waals surface area (Å²) < 4.78 is 22.8. The molecule has 0 aliphatic carbocycles. The van der Waals surface area contributed by atoms with Crippen LogP contribution in [0.1, 0.15) is 0 Å². The Hall–Kier alpha value is -1.69. The molecule has 1 aromatic heterocycles. The average Bonchev–Trinajstić information content (AvgIpc) is 2.87. The second-order valence-corrected chi connectivity index (χ2v) is 7.06. The minimum Gasteiger partial charge on any atom is -0.224 e. The number of fused-ring (bicyclic) bond motifs is 1. The Balaban J connectivity index is 2.23. The number of hydrogen-bond acceptors (Lipinski definition) is 3. The van der Waals surface area contributed by atoms with Crippen LogP contribution in [0.3, 0.4) is 0 Å². The molecule has 3 aromatic rings. The molecule has 0 aliphatic heterocycles. The molecule has 3 nitrogen and oxygen atoms in total. The van der Waals surface area contributed by atoms with Gasteiger partial charge >= 0.3 is 0 Å². The highest BCUT2D eigenvalue weighted by molar-refractivity contribution is 7.91. The van der Waals surface area contributed by atoms with Gasteiger partial charge < -0.3 is 0 Å². The second-order valence-electron chi connectivity index (χ2n) is 4.19. The summed E-state index contributed by atoms with van der Waals surface area (Å²) in [4.78, 5) is 0.904. The molecular weight excluding hydrogens is 278 g/mol. The van der Waals surface area contributed by atoms with E-state index >= 15 is 0 Å². The van der Waals surface area contributed by atoms with Crippen molar-refractivity contribution in [2.75, 3.05) is 0 Å². The van der Waals surface area contributed by atoms with Gasteiger partial charge in [-0.25, -0.2) is 13.6 Å². The maximum atomic E-state index is 11.3. The lowest BCUT2D eigenvalue weighted by atomic mass is 10.0. The van der Waals surface area contributed by atoms with Crippen LogP contribution in [0.5, 0.6) is 0 Å². The average molecular weight is 289 g/mol. The molecule has 1 heterocycles. The summed E-state index contributed by atoms with van der Waals surface area (Å²) in [5.74, 6) is 0. The first-order chi connectivity index (χ1) is 9.05. The molecule has 3 rings (SSSR count). The van der Waals surface area contributed by atoms with Crippen molar-refractivity contribution in [2.24, 2.45) is 5.14 Å². The molecule has 0 fully saturated rings. The largest absolute Gasteiger partial charge is 0.247 e. The lowest BCUT2D eigenvalue weighted by Crippen LogP contribution is -2.09. The molecule has 0 saturated carbocycles. The van der Waals surface area contributed by atoms with E-state index in [0.29, 0.717) is 0 Å². The number of thiophene rings is 1. The molecule has 5 heteroatoms. The molecule has 0 spiro atoms. The molecule has 0 amide bonds. The second kappa shape index (κ2) is 4.45. The van der Waals surface area contributed by atoms with Crippen molar-refractivity contribution in [3.8, 4) is 10.4 Å². The standard InChI is InChI=1S/C14H11NO2S2/c15-19(16,17)14-9-8-13(18-14)12-7-3-5-10-4-1-2-6-11(10)12/h1-9H,(H2,15,16,17). The van der Waals surface area contributed by atoms with Gasteiger partial charge in [0.25, 0.3) is 0 Å². The summed E-state index contributed by atoms with van der Waals surface area (Å²) in [5.41, 5.74) is 1.03. The zero-order chi connectivity index (χ0) is 13.5. The molecular formula is C14H11NO2S2. The van der Waals surface area contributed by atoms with E-state index in [4.69, 9.17) is 5.14 Å². The number of hydrogen-bond donors (Lipinski definition) is 1. The van der Waals surface area contributed by atoms with Crippen LogP contribution >= 0.6 is 11.3 Å². The third-order valence-corrected chi connectivity index (χ3v) is 5.47. The first-order valence-electron chi connectivity index (χ1n) is 5.66. The van der Waals surface area contributed by atoms with Crippen LogP contribution in [0.25, 0.3) is 21.2 Å². The predicted molar refractivity (Wildman–Crippen MR) is 78.6 cm³/mol. The van der Waals surface area contributed by atoms with Crippen LogP contribution in [-0.4, -0.2) is 8.42 Å². The molecule has 0 atom stereocenters. The van der Waals surface area contributed by atoms with Crippen molar-refractivity contribution in [1.82, 2.24) is 0 Å². The van der Waals surface area contributed by atoms with Crippen molar-refractivity contribution in [3.63, 3.8) is 0 Å². The molecule has 0 unspecified atom stereocenters. The van der Waals surface area contributed by atoms with Crippen molar-refractivity contribution >= 4 is 32.1 Å². The fourth-order valence-corrected chi connectivity index (χ4v) is 3.83. The zero-order valence-corrected chi connectivity index (χ0v) is 11.5. The summed E-state index contributed by atoms with van der Waals surface area (Å²) in [6.45, 7) is 0. The number of rotatable bonds is 2. The molecule has 0 bridgehead atoms. The van der Waals surface area contributed by atoms with Crippen LogP contribution in [0.4, 0.5) is 0 Å². The van der Waals surface area contributed by atoms with E-state index in [0.717, 1.165) is 21.2 Å². The normalized spacial score (nSPS) is 11.8. The van der Waals surface area contributed by atoms with Gasteiger partial charge in [-0.15, -0.1) is 11.3 Å². The summed E-state index contributed by atoms with van der Waals surface area (Å²) in [6.07, 6.45) is 0. The fraction of sp³-hybridized carbons (Fsp3) is 0. The van der Waals surface area contributed by atoms with E-state index in [-0.39, 0.29) is 4.21 Å². The van der Waals surface area contributed by atoms with E-state index < -0.39 is 10.0 Å². The predicted octanol–water partition coefficient (Wildman–Crippen LogP) is 3.22. The van der Waals surface area contributed by atoms with E-state index in [1.165, 1.54) is 11.3 Å². The Morgan fingerprint density at radius 3 is 2.37 bits per heavy atom. The van der Waals surface area contributed by atoms with Gasteiger partial charge in [0.2, 0.25) is 10.0 Å². The molecule has 19 heavy (non-hydrogen) atoms. The SMILES string of the molecule is NS(=O)(=O)c1ccc(-c2cccc3ccccc23)s1. The zero-order valence-electron chi connectivity index (χ0n) is 9.91. The van der Waals surface area contributed by atoms with Crippen LogP contribution < -0.4 is 5.14 Å². The van der Waals surface area contributed by atoms with E-state index in [1.807, 2.05) is 42.5 Å². The summed E-state index contributed by atoms with van der Waals surface area (Å²) in [7, 11) is -3.62. The molecule has 2 N–H and O–H groups in total. The lowest BCUT2D eigenvalue weighted by molar-refractivity contribution is 0.600. The minimum atomic E-state index is -3.62. The van der Waals surface area contributed by atoms with Crippen LogP contribution in [0.15, 0.2) is 58.8 Å². The van der Waals surface area contributed by atoms with Crippen molar-refractivity contribution < 1.29 is 8.42 Å². The van der Waals surface area contributed by atoms with E-state index in [2.05, 4.69) is 0 Å². The highest BCUT2D eigenvalue weighted by atomic mass is 32.2. The molecule has 0 radical (unpaired) electrons. The number of benzene rings is 2. The Morgan fingerprint density at radius 2 is 1.63 bits per heavy atom. The smallest absolute Gasteiger partial charge is 0.224 e. The summed E-state index contributed by atoms with van der Waals surface area (Å²) in [5, 5.41) is 7.38. The minimum absolute atomic E-state index is 0.190. The topological polar surface area (TPSA) is 60.2 Å². The van der Waals surface area contributed by atoms with Crippen LogP contribution in [-0.2, 0) is 10.0 Å². The number of sulfonamides is 1. The van der Waals surface area contributed by atoms with Gasteiger partial charge in [0.15, 0.2) is 0 Å². The van der Waals surface area contributed by atoms with Gasteiger partial charge in [0.1, 0.15) is 4.21 Å².